The maximum absolute atomic E-state index is 12.7. The highest BCUT2D eigenvalue weighted by molar-refractivity contribution is 5.90. The lowest BCUT2D eigenvalue weighted by Crippen LogP contribution is -2.39. The van der Waals surface area contributed by atoms with Crippen LogP contribution in [0.5, 0.6) is 11.6 Å². The summed E-state index contributed by atoms with van der Waals surface area (Å²) in [6.07, 6.45) is 8.42. The minimum atomic E-state index is -0.0265. The van der Waals surface area contributed by atoms with Gasteiger partial charge in [-0.15, -0.1) is 0 Å². The van der Waals surface area contributed by atoms with Crippen LogP contribution in [0.4, 0.5) is 0 Å². The van der Waals surface area contributed by atoms with Gasteiger partial charge in [-0.05, 0) is 37.5 Å². The fourth-order valence-electron chi connectivity index (χ4n) is 3.55. The Labute approximate surface area is 164 Å². The fraction of sp³-hybridized carbons (Fsp3) is 0.333. The Morgan fingerprint density at radius 3 is 2.61 bits per heavy atom. The Morgan fingerprint density at radius 2 is 1.89 bits per heavy atom. The molecule has 1 aliphatic heterocycles. The number of likely N-dealkylation sites (tertiary alicyclic amines) is 1. The van der Waals surface area contributed by atoms with Gasteiger partial charge in [0, 0.05) is 50.8 Å². The van der Waals surface area contributed by atoms with E-state index in [1.165, 1.54) is 0 Å². The molecule has 0 aliphatic carbocycles. The molecule has 0 bridgehead atoms. The number of hydrogen-bond acceptors (Lipinski definition) is 5. The minimum absolute atomic E-state index is 0.0265. The highest BCUT2D eigenvalue weighted by atomic mass is 16.5. The van der Waals surface area contributed by atoms with Crippen molar-refractivity contribution in [3.8, 4) is 11.6 Å². The van der Waals surface area contributed by atoms with Crippen LogP contribution >= 0.6 is 0 Å². The van der Waals surface area contributed by atoms with Gasteiger partial charge in [0.1, 0.15) is 11.4 Å². The first kappa shape index (κ1) is 18.2. The standard InChI is InChI=1S/C21H23N5O2/c1-15-4-3-5-17(14-15)28-20-18(22-8-9-24-20)16-6-11-26(12-7-16)21(27)19-23-10-13-25(19)2/h3-5,8-10,13-14,16H,6-7,11-12H2,1-2H3. The van der Waals surface area contributed by atoms with E-state index in [1.54, 1.807) is 29.4 Å². The number of aromatic nitrogens is 4. The fourth-order valence-corrected chi connectivity index (χ4v) is 3.55. The number of nitrogens with zero attached hydrogens (tertiary/aromatic N) is 5. The van der Waals surface area contributed by atoms with Gasteiger partial charge in [-0.3, -0.25) is 9.78 Å². The SMILES string of the molecule is Cc1cccc(Oc2nccnc2C2CCN(C(=O)c3nccn3C)CC2)c1. The van der Waals surface area contributed by atoms with Crippen LogP contribution in [0.3, 0.4) is 0 Å². The molecule has 1 aromatic carbocycles. The van der Waals surface area contributed by atoms with E-state index in [1.807, 2.05) is 43.1 Å². The lowest BCUT2D eigenvalue weighted by molar-refractivity contribution is 0.0695. The van der Waals surface area contributed by atoms with E-state index in [0.717, 1.165) is 29.8 Å². The van der Waals surface area contributed by atoms with Gasteiger partial charge in [0.25, 0.3) is 5.91 Å². The van der Waals surface area contributed by atoms with Crippen LogP contribution in [0.2, 0.25) is 0 Å². The summed E-state index contributed by atoms with van der Waals surface area (Å²) in [5.41, 5.74) is 1.98. The van der Waals surface area contributed by atoms with Crippen molar-refractivity contribution in [3.63, 3.8) is 0 Å². The molecule has 2 aromatic heterocycles. The van der Waals surface area contributed by atoms with Crippen LogP contribution < -0.4 is 4.74 Å². The first-order valence-electron chi connectivity index (χ1n) is 9.44. The number of carbonyl (C=O) groups is 1. The van der Waals surface area contributed by atoms with E-state index < -0.39 is 0 Å². The van der Waals surface area contributed by atoms with Crippen molar-refractivity contribution in [2.24, 2.45) is 7.05 Å². The molecule has 1 saturated heterocycles. The van der Waals surface area contributed by atoms with Crippen molar-refractivity contribution >= 4 is 5.91 Å². The van der Waals surface area contributed by atoms with Gasteiger partial charge in [0.05, 0.1) is 0 Å². The summed E-state index contributed by atoms with van der Waals surface area (Å²) < 4.78 is 7.78. The number of carbonyl (C=O) groups excluding carboxylic acids is 1. The predicted molar refractivity (Wildman–Crippen MR) is 104 cm³/mol. The highest BCUT2D eigenvalue weighted by Crippen LogP contribution is 2.33. The zero-order chi connectivity index (χ0) is 19.5. The maximum atomic E-state index is 12.7. The molecule has 0 radical (unpaired) electrons. The van der Waals surface area contributed by atoms with Crippen molar-refractivity contribution in [1.82, 2.24) is 24.4 Å². The quantitative estimate of drug-likeness (QED) is 0.697. The van der Waals surface area contributed by atoms with Crippen molar-refractivity contribution in [3.05, 3.63) is 66.1 Å². The van der Waals surface area contributed by atoms with Crippen LogP contribution in [0, 0.1) is 6.92 Å². The van der Waals surface area contributed by atoms with E-state index in [-0.39, 0.29) is 11.8 Å². The second-order valence-corrected chi connectivity index (χ2v) is 7.09. The first-order chi connectivity index (χ1) is 13.6. The molecular weight excluding hydrogens is 354 g/mol. The van der Waals surface area contributed by atoms with E-state index >= 15 is 0 Å². The second kappa shape index (κ2) is 7.80. The topological polar surface area (TPSA) is 73.1 Å². The van der Waals surface area contributed by atoms with Crippen LogP contribution in [0.25, 0.3) is 0 Å². The van der Waals surface area contributed by atoms with Gasteiger partial charge in [-0.1, -0.05) is 12.1 Å². The Kier molecular flexibility index (Phi) is 5.06. The molecule has 28 heavy (non-hydrogen) atoms. The number of aryl methyl sites for hydroxylation is 2. The lowest BCUT2D eigenvalue weighted by Gasteiger charge is -2.31. The number of piperidine rings is 1. The summed E-state index contributed by atoms with van der Waals surface area (Å²) in [6, 6.07) is 7.88. The summed E-state index contributed by atoms with van der Waals surface area (Å²) in [4.78, 5) is 27.6. The third kappa shape index (κ3) is 3.74. The predicted octanol–water partition coefficient (Wildman–Crippen LogP) is 3.33. The molecule has 7 heteroatoms. The van der Waals surface area contributed by atoms with Crippen LogP contribution in [0.15, 0.2) is 49.1 Å². The van der Waals surface area contributed by atoms with E-state index in [2.05, 4.69) is 15.0 Å². The van der Waals surface area contributed by atoms with E-state index in [4.69, 9.17) is 4.74 Å². The molecule has 0 spiro atoms. The number of benzene rings is 1. The van der Waals surface area contributed by atoms with Gasteiger partial charge < -0.3 is 14.2 Å². The molecule has 1 aliphatic rings. The molecule has 3 heterocycles. The smallest absolute Gasteiger partial charge is 0.289 e. The van der Waals surface area contributed by atoms with E-state index in [0.29, 0.717) is 24.8 Å². The van der Waals surface area contributed by atoms with Gasteiger partial charge in [0.2, 0.25) is 5.88 Å². The van der Waals surface area contributed by atoms with Crippen molar-refractivity contribution in [2.75, 3.05) is 13.1 Å². The number of imidazole rings is 1. The average Bonchev–Trinajstić information content (AvgIpc) is 3.14. The lowest BCUT2D eigenvalue weighted by atomic mass is 9.93. The van der Waals surface area contributed by atoms with Crippen molar-refractivity contribution in [2.45, 2.75) is 25.7 Å². The third-order valence-corrected chi connectivity index (χ3v) is 5.08. The zero-order valence-corrected chi connectivity index (χ0v) is 16.1. The molecule has 0 unspecified atom stereocenters. The first-order valence-corrected chi connectivity index (χ1v) is 9.44. The van der Waals surface area contributed by atoms with Gasteiger partial charge >= 0.3 is 0 Å². The zero-order valence-electron chi connectivity index (χ0n) is 16.1. The number of ether oxygens (including phenoxy) is 1. The van der Waals surface area contributed by atoms with Gasteiger partial charge in [0.15, 0.2) is 5.82 Å². The highest BCUT2D eigenvalue weighted by Gasteiger charge is 2.29. The molecule has 1 amide bonds. The summed E-state index contributed by atoms with van der Waals surface area (Å²) in [6.45, 7) is 3.35. The van der Waals surface area contributed by atoms with Crippen LogP contribution in [-0.4, -0.2) is 43.4 Å². The Balaban J connectivity index is 1.46. The maximum Gasteiger partial charge on any atom is 0.289 e. The Bertz CT molecular complexity index is 976. The molecule has 1 fully saturated rings. The third-order valence-electron chi connectivity index (χ3n) is 5.08. The molecule has 0 atom stereocenters. The van der Waals surface area contributed by atoms with Crippen LogP contribution in [-0.2, 0) is 7.05 Å². The molecule has 3 aromatic rings. The summed E-state index contributed by atoms with van der Waals surface area (Å²) >= 11 is 0. The molecule has 7 nitrogen and oxygen atoms in total. The van der Waals surface area contributed by atoms with Crippen LogP contribution in [0.1, 0.15) is 40.6 Å². The minimum Gasteiger partial charge on any atom is -0.437 e. The molecule has 144 valence electrons. The summed E-state index contributed by atoms with van der Waals surface area (Å²) in [7, 11) is 1.83. The number of rotatable bonds is 4. The summed E-state index contributed by atoms with van der Waals surface area (Å²) in [5, 5.41) is 0. The Hall–Kier alpha value is -3.22. The second-order valence-electron chi connectivity index (χ2n) is 7.09. The number of hydrogen-bond donors (Lipinski definition) is 0. The Morgan fingerprint density at radius 1 is 1.11 bits per heavy atom. The average molecular weight is 377 g/mol. The largest absolute Gasteiger partial charge is 0.437 e. The van der Waals surface area contributed by atoms with Gasteiger partial charge in [-0.2, -0.15) is 0 Å². The molecule has 4 rings (SSSR count). The van der Waals surface area contributed by atoms with E-state index in [9.17, 15) is 4.79 Å². The summed E-state index contributed by atoms with van der Waals surface area (Å²) in [5.74, 6) is 1.95. The normalized spacial score (nSPS) is 14.9. The molecule has 0 saturated carbocycles. The van der Waals surface area contributed by atoms with Crippen molar-refractivity contribution < 1.29 is 9.53 Å². The molecular formula is C21H23N5O2. The monoisotopic (exact) mass is 377 g/mol. The molecule has 0 N–H and O–H groups in total. The van der Waals surface area contributed by atoms with Crippen molar-refractivity contribution in [1.29, 1.82) is 0 Å². The number of amides is 1. The van der Waals surface area contributed by atoms with Gasteiger partial charge in [-0.25, -0.2) is 9.97 Å².